The number of hydrogen-bond acceptors (Lipinski definition) is 6. The van der Waals surface area contributed by atoms with E-state index in [0.29, 0.717) is 36.8 Å². The van der Waals surface area contributed by atoms with E-state index < -0.39 is 0 Å². The molecule has 0 N–H and O–H groups in total. The molecule has 3 heterocycles. The van der Waals surface area contributed by atoms with Gasteiger partial charge >= 0.3 is 0 Å². The van der Waals surface area contributed by atoms with Crippen LogP contribution in [0.5, 0.6) is 17.4 Å². The van der Waals surface area contributed by atoms with Crippen molar-refractivity contribution < 1.29 is 19.1 Å². The number of aromatic nitrogens is 1. The second kappa shape index (κ2) is 11.1. The summed E-state index contributed by atoms with van der Waals surface area (Å²) in [6.45, 7) is 4.35. The molecule has 33 heavy (non-hydrogen) atoms. The molecule has 4 rings (SSSR count). The number of pyridine rings is 1. The van der Waals surface area contributed by atoms with Crippen LogP contribution in [0.2, 0.25) is 0 Å². The summed E-state index contributed by atoms with van der Waals surface area (Å²) in [6, 6.07) is 10.8. The lowest BCUT2D eigenvalue weighted by atomic mass is 10.2. The van der Waals surface area contributed by atoms with Gasteiger partial charge in [0.15, 0.2) is 11.5 Å². The fourth-order valence-electron chi connectivity index (χ4n) is 4.14. The third-order valence-corrected chi connectivity index (χ3v) is 6.07. The first-order chi connectivity index (χ1) is 16.1. The van der Waals surface area contributed by atoms with E-state index in [1.54, 1.807) is 29.3 Å². The molecule has 2 aliphatic heterocycles. The van der Waals surface area contributed by atoms with Crippen molar-refractivity contribution in [3.8, 4) is 17.4 Å². The summed E-state index contributed by atoms with van der Waals surface area (Å²) in [6.07, 6.45) is 5.08. The van der Waals surface area contributed by atoms with Crippen molar-refractivity contribution in [2.75, 3.05) is 52.9 Å². The summed E-state index contributed by atoms with van der Waals surface area (Å²) in [7, 11) is 2.07. The number of carbonyl (C=O) groups excluding carboxylic acids is 2. The highest BCUT2D eigenvalue weighted by molar-refractivity contribution is 5.98. The Morgan fingerprint density at radius 3 is 2.67 bits per heavy atom. The van der Waals surface area contributed by atoms with Gasteiger partial charge in [-0.25, -0.2) is 4.98 Å². The van der Waals surface area contributed by atoms with E-state index in [2.05, 4.69) is 16.9 Å². The Morgan fingerprint density at radius 2 is 1.79 bits per heavy atom. The third kappa shape index (κ3) is 6.01. The summed E-state index contributed by atoms with van der Waals surface area (Å²) in [5.74, 6) is 1.10. The Hall–Kier alpha value is -3.13. The molecule has 2 aliphatic rings. The molecular formula is C25H32N4O4. The SMILES string of the molecule is CN1CCCN(C(=O)CN2CCCCCOc3ccccc3Oc3ncccc3C2=O)CC1. The molecule has 0 bridgehead atoms. The quantitative estimate of drug-likeness (QED) is 0.697. The zero-order chi connectivity index (χ0) is 23.0. The molecular weight excluding hydrogens is 420 g/mol. The van der Waals surface area contributed by atoms with Crippen molar-refractivity contribution >= 4 is 11.8 Å². The van der Waals surface area contributed by atoms with Crippen molar-refractivity contribution in [3.63, 3.8) is 0 Å². The van der Waals surface area contributed by atoms with Crippen LogP contribution in [0, 0.1) is 0 Å². The number of amides is 2. The van der Waals surface area contributed by atoms with Gasteiger partial charge in [0.05, 0.1) is 6.61 Å². The van der Waals surface area contributed by atoms with E-state index in [4.69, 9.17) is 9.47 Å². The van der Waals surface area contributed by atoms with Crippen molar-refractivity contribution in [1.29, 1.82) is 0 Å². The lowest BCUT2D eigenvalue weighted by molar-refractivity contribution is -0.131. The minimum Gasteiger partial charge on any atom is -0.490 e. The molecule has 8 heteroatoms. The first-order valence-corrected chi connectivity index (χ1v) is 11.7. The van der Waals surface area contributed by atoms with E-state index in [1.807, 2.05) is 23.1 Å². The van der Waals surface area contributed by atoms with Gasteiger partial charge < -0.3 is 24.2 Å². The van der Waals surface area contributed by atoms with Gasteiger partial charge in [0, 0.05) is 32.4 Å². The van der Waals surface area contributed by atoms with Gasteiger partial charge in [0.1, 0.15) is 12.1 Å². The van der Waals surface area contributed by atoms with Gasteiger partial charge in [0.25, 0.3) is 5.91 Å². The Bertz CT molecular complexity index is 967. The molecule has 8 nitrogen and oxygen atoms in total. The van der Waals surface area contributed by atoms with Crippen LogP contribution in [0.1, 0.15) is 36.0 Å². The van der Waals surface area contributed by atoms with Crippen molar-refractivity contribution in [2.45, 2.75) is 25.7 Å². The van der Waals surface area contributed by atoms with Crippen LogP contribution in [0.25, 0.3) is 0 Å². The number of likely N-dealkylation sites (N-methyl/N-ethyl adjacent to an activating group) is 1. The van der Waals surface area contributed by atoms with Gasteiger partial charge in [-0.15, -0.1) is 0 Å². The van der Waals surface area contributed by atoms with E-state index in [1.165, 1.54) is 0 Å². The van der Waals surface area contributed by atoms with Crippen molar-refractivity contribution in [2.24, 2.45) is 0 Å². The van der Waals surface area contributed by atoms with Crippen LogP contribution in [0.3, 0.4) is 0 Å². The molecule has 0 spiro atoms. The average molecular weight is 453 g/mol. The second-order valence-electron chi connectivity index (χ2n) is 8.58. The van der Waals surface area contributed by atoms with E-state index in [9.17, 15) is 9.59 Å². The highest BCUT2D eigenvalue weighted by Crippen LogP contribution is 2.32. The number of ether oxygens (including phenoxy) is 2. The highest BCUT2D eigenvalue weighted by Gasteiger charge is 2.26. The van der Waals surface area contributed by atoms with Crippen molar-refractivity contribution in [3.05, 3.63) is 48.2 Å². The van der Waals surface area contributed by atoms with Crippen LogP contribution in [0.4, 0.5) is 0 Å². The standard InChI is InChI=1S/C25H32N4O4/c1-27-13-8-15-28(17-16-27)23(30)19-29-14-5-2-6-18-32-21-10-3-4-11-22(21)33-24-20(25(29)31)9-7-12-26-24/h3-4,7,9-12H,2,5-6,8,13-19H2,1H3. The Labute approximate surface area is 195 Å². The predicted octanol–water partition coefficient (Wildman–Crippen LogP) is 3.04. The van der Waals surface area contributed by atoms with Gasteiger partial charge in [0.2, 0.25) is 11.8 Å². The minimum absolute atomic E-state index is 0.0111. The number of nitrogens with zero attached hydrogens (tertiary/aromatic N) is 4. The number of hydrogen-bond donors (Lipinski definition) is 0. The maximum Gasteiger partial charge on any atom is 0.259 e. The summed E-state index contributed by atoms with van der Waals surface area (Å²) in [4.78, 5) is 36.8. The molecule has 1 aromatic heterocycles. The molecule has 0 aliphatic carbocycles. The van der Waals surface area contributed by atoms with Crippen LogP contribution < -0.4 is 9.47 Å². The van der Waals surface area contributed by atoms with Gasteiger partial charge in [-0.05, 0) is 63.5 Å². The number of para-hydroxylation sites is 2. The van der Waals surface area contributed by atoms with Gasteiger partial charge in [-0.1, -0.05) is 12.1 Å². The Balaban J connectivity index is 1.57. The topological polar surface area (TPSA) is 75.2 Å². The first-order valence-electron chi connectivity index (χ1n) is 11.7. The molecule has 0 atom stereocenters. The van der Waals surface area contributed by atoms with Crippen molar-refractivity contribution in [1.82, 2.24) is 19.7 Å². The van der Waals surface area contributed by atoms with Gasteiger partial charge in [-0.2, -0.15) is 0 Å². The summed E-state index contributed by atoms with van der Waals surface area (Å²) >= 11 is 0. The summed E-state index contributed by atoms with van der Waals surface area (Å²) in [5, 5.41) is 0. The lowest BCUT2D eigenvalue weighted by Gasteiger charge is -2.27. The average Bonchev–Trinajstić information content (AvgIpc) is 3.05. The second-order valence-corrected chi connectivity index (χ2v) is 8.58. The molecule has 0 unspecified atom stereocenters. The number of rotatable bonds is 2. The van der Waals surface area contributed by atoms with Crippen LogP contribution in [-0.4, -0.2) is 84.4 Å². The summed E-state index contributed by atoms with van der Waals surface area (Å²) in [5.41, 5.74) is 0.343. The van der Waals surface area contributed by atoms with E-state index >= 15 is 0 Å². The summed E-state index contributed by atoms with van der Waals surface area (Å²) < 4.78 is 12.0. The number of carbonyl (C=O) groups is 2. The monoisotopic (exact) mass is 452 g/mol. The van der Waals surface area contributed by atoms with E-state index in [-0.39, 0.29) is 24.2 Å². The molecule has 1 fully saturated rings. The molecule has 1 aromatic carbocycles. The van der Waals surface area contributed by atoms with E-state index in [0.717, 1.165) is 45.3 Å². The largest absolute Gasteiger partial charge is 0.490 e. The molecule has 176 valence electrons. The molecule has 1 saturated heterocycles. The molecule has 2 aromatic rings. The zero-order valence-corrected chi connectivity index (χ0v) is 19.2. The molecule has 0 saturated carbocycles. The zero-order valence-electron chi connectivity index (χ0n) is 19.2. The number of fused-ring (bicyclic) bond motifs is 2. The fraction of sp³-hybridized carbons (Fsp3) is 0.480. The molecule has 0 radical (unpaired) electrons. The predicted molar refractivity (Wildman–Crippen MR) is 125 cm³/mol. The van der Waals surface area contributed by atoms with Gasteiger partial charge in [-0.3, -0.25) is 9.59 Å². The highest BCUT2D eigenvalue weighted by atomic mass is 16.5. The maximum atomic E-state index is 13.6. The van der Waals surface area contributed by atoms with Crippen LogP contribution in [0.15, 0.2) is 42.6 Å². The maximum absolute atomic E-state index is 13.6. The number of benzene rings is 1. The fourth-order valence-corrected chi connectivity index (χ4v) is 4.14. The first kappa shape index (κ1) is 23.0. The Morgan fingerprint density at radius 1 is 0.939 bits per heavy atom. The Kier molecular flexibility index (Phi) is 7.78. The third-order valence-electron chi connectivity index (χ3n) is 6.07. The molecule has 2 amide bonds. The normalized spacial score (nSPS) is 18.4. The van der Waals surface area contributed by atoms with Crippen LogP contribution in [-0.2, 0) is 4.79 Å². The smallest absolute Gasteiger partial charge is 0.259 e. The minimum atomic E-state index is -0.240. The van der Waals surface area contributed by atoms with Crippen LogP contribution >= 0.6 is 0 Å². The lowest BCUT2D eigenvalue weighted by Crippen LogP contribution is -2.44.